The van der Waals surface area contributed by atoms with E-state index in [1.807, 2.05) is 0 Å². The van der Waals surface area contributed by atoms with Crippen molar-refractivity contribution in [3.63, 3.8) is 0 Å². The summed E-state index contributed by atoms with van der Waals surface area (Å²) in [4.78, 5) is 14.7. The number of carboxylic acid groups (broad SMARTS) is 1. The summed E-state index contributed by atoms with van der Waals surface area (Å²) in [5.41, 5.74) is 0.220. The average Bonchev–Trinajstić information content (AvgIpc) is 2.78. The number of benzene rings is 1. The van der Waals surface area contributed by atoms with Crippen LogP contribution in [0.4, 0.5) is 0 Å². The molecular weight excluding hydrogens is 252 g/mol. The topological polar surface area (TPSA) is 46.6 Å². The first-order chi connectivity index (χ1) is 9.56. The van der Waals surface area contributed by atoms with Crippen LogP contribution in [0.25, 0.3) is 0 Å². The number of carboxylic acids is 1. The second-order valence-corrected chi connectivity index (χ2v) is 4.84. The second-order valence-electron chi connectivity index (χ2n) is 4.84. The molecule has 0 radical (unpaired) electrons. The zero-order valence-electron chi connectivity index (χ0n) is 12.5. The number of hydrogen-bond donors (Lipinski definition) is 0. The number of aromatic carboxylic acids is 1. The zero-order valence-corrected chi connectivity index (χ0v) is 12.5. The highest BCUT2D eigenvalue weighted by Gasteiger charge is 2.16. The molecule has 0 saturated heterocycles. The molecule has 4 heteroatoms. The van der Waals surface area contributed by atoms with Gasteiger partial charge in [-0.15, -0.1) is 0 Å². The maximum Gasteiger partial charge on any atom is 0.0974 e. The number of carbonyl (C=O) groups is 1. The van der Waals surface area contributed by atoms with Crippen LogP contribution < -0.4 is 5.11 Å². The Kier molecular flexibility index (Phi) is 6.64. The third-order valence-electron chi connectivity index (χ3n) is 3.34. The Hall–Kier alpha value is -1.97. The van der Waals surface area contributed by atoms with Gasteiger partial charge in [0.25, 0.3) is 0 Å². The van der Waals surface area contributed by atoms with Crippen molar-refractivity contribution in [2.45, 2.75) is 32.9 Å². The van der Waals surface area contributed by atoms with Gasteiger partial charge in [0.15, 0.2) is 0 Å². The van der Waals surface area contributed by atoms with E-state index in [9.17, 15) is 9.90 Å². The molecule has 0 amide bonds. The van der Waals surface area contributed by atoms with Gasteiger partial charge >= 0.3 is 0 Å². The average molecular weight is 275 g/mol. The molecule has 0 spiro atoms. The van der Waals surface area contributed by atoms with Gasteiger partial charge in [0.2, 0.25) is 0 Å². The maximum atomic E-state index is 10.1. The number of unbranched alkanes of at least 4 members (excludes halogenated alkanes) is 1. The van der Waals surface area contributed by atoms with Gasteiger partial charge in [0.1, 0.15) is 0 Å². The summed E-state index contributed by atoms with van der Waals surface area (Å²) in [7, 11) is 2.12. The predicted molar refractivity (Wildman–Crippen MR) is 78.8 cm³/mol. The van der Waals surface area contributed by atoms with Crippen LogP contribution in [0, 0.1) is 0 Å². The van der Waals surface area contributed by atoms with Gasteiger partial charge in [-0.3, -0.25) is 0 Å². The highest BCUT2D eigenvalue weighted by Crippen LogP contribution is 2.13. The first-order valence-electron chi connectivity index (χ1n) is 6.98. The van der Waals surface area contributed by atoms with E-state index in [1.165, 1.54) is 31.5 Å². The monoisotopic (exact) mass is 275 g/mol. The summed E-state index contributed by atoms with van der Waals surface area (Å²) in [6.07, 6.45) is 7.45. The maximum absolute atomic E-state index is 10.1. The summed E-state index contributed by atoms with van der Waals surface area (Å²) < 4.78 is 0. The van der Waals surface area contributed by atoms with Crippen LogP contribution in [0.1, 0.15) is 37.0 Å². The van der Waals surface area contributed by atoms with Crippen LogP contribution in [0.3, 0.4) is 0 Å². The quantitative estimate of drug-likeness (QED) is 0.842. The van der Waals surface area contributed by atoms with E-state index in [1.54, 1.807) is 18.2 Å². The SMILES string of the molecule is CCCCN1C=CN(C)C1C.O=C([O-])c1ccccc1. The van der Waals surface area contributed by atoms with Crippen molar-refractivity contribution in [2.75, 3.05) is 13.6 Å². The van der Waals surface area contributed by atoms with E-state index >= 15 is 0 Å². The van der Waals surface area contributed by atoms with Gasteiger partial charge in [-0.1, -0.05) is 43.7 Å². The van der Waals surface area contributed by atoms with E-state index in [4.69, 9.17) is 0 Å². The molecule has 0 aromatic heterocycles. The molecule has 1 aromatic rings. The van der Waals surface area contributed by atoms with Gasteiger partial charge in [0, 0.05) is 26.0 Å². The minimum atomic E-state index is -1.13. The third kappa shape index (κ3) is 4.96. The molecule has 20 heavy (non-hydrogen) atoms. The molecule has 1 atom stereocenters. The minimum Gasteiger partial charge on any atom is -0.545 e. The van der Waals surface area contributed by atoms with E-state index in [0.717, 1.165) is 0 Å². The summed E-state index contributed by atoms with van der Waals surface area (Å²) in [6.45, 7) is 5.66. The highest BCUT2D eigenvalue weighted by atomic mass is 16.4. The number of rotatable bonds is 4. The molecule has 0 fully saturated rings. The van der Waals surface area contributed by atoms with Crippen LogP contribution in [-0.2, 0) is 0 Å². The van der Waals surface area contributed by atoms with Crippen LogP contribution in [0.15, 0.2) is 42.7 Å². The number of carbonyl (C=O) groups excluding carboxylic acids is 1. The molecule has 0 saturated carbocycles. The van der Waals surface area contributed by atoms with Crippen LogP contribution in [0.5, 0.6) is 0 Å². The number of hydrogen-bond acceptors (Lipinski definition) is 4. The molecule has 1 aliphatic rings. The van der Waals surface area contributed by atoms with Crippen molar-refractivity contribution in [3.05, 3.63) is 48.3 Å². The largest absolute Gasteiger partial charge is 0.545 e. The minimum absolute atomic E-state index is 0.220. The highest BCUT2D eigenvalue weighted by molar-refractivity contribution is 5.85. The lowest BCUT2D eigenvalue weighted by molar-refractivity contribution is -0.255. The number of nitrogens with zero attached hydrogens (tertiary/aromatic N) is 2. The molecule has 110 valence electrons. The van der Waals surface area contributed by atoms with Crippen LogP contribution in [0.2, 0.25) is 0 Å². The molecule has 1 heterocycles. The van der Waals surface area contributed by atoms with Crippen LogP contribution >= 0.6 is 0 Å². The molecule has 1 unspecified atom stereocenters. The fourth-order valence-electron chi connectivity index (χ4n) is 1.85. The second kappa shape index (κ2) is 8.25. The third-order valence-corrected chi connectivity index (χ3v) is 3.34. The molecule has 0 aliphatic carbocycles. The van der Waals surface area contributed by atoms with Crippen molar-refractivity contribution in [2.24, 2.45) is 0 Å². The van der Waals surface area contributed by atoms with Gasteiger partial charge < -0.3 is 19.7 Å². The molecule has 1 aromatic carbocycles. The van der Waals surface area contributed by atoms with E-state index in [-0.39, 0.29) is 5.56 Å². The molecule has 4 nitrogen and oxygen atoms in total. The smallest absolute Gasteiger partial charge is 0.0974 e. The molecule has 0 N–H and O–H groups in total. The van der Waals surface area contributed by atoms with Crippen molar-refractivity contribution in [1.29, 1.82) is 0 Å². The first-order valence-corrected chi connectivity index (χ1v) is 6.98. The van der Waals surface area contributed by atoms with E-state index in [2.05, 4.69) is 43.1 Å². The Morgan fingerprint density at radius 1 is 1.25 bits per heavy atom. The van der Waals surface area contributed by atoms with Gasteiger partial charge in [-0.2, -0.15) is 0 Å². The lowest BCUT2D eigenvalue weighted by atomic mass is 10.2. The molecule has 0 bridgehead atoms. The zero-order chi connectivity index (χ0) is 15.0. The fraction of sp³-hybridized carbons (Fsp3) is 0.438. The van der Waals surface area contributed by atoms with Gasteiger partial charge in [0.05, 0.1) is 12.1 Å². The van der Waals surface area contributed by atoms with Crippen molar-refractivity contribution in [3.8, 4) is 0 Å². The Morgan fingerprint density at radius 3 is 2.30 bits per heavy atom. The van der Waals surface area contributed by atoms with Gasteiger partial charge in [-0.05, 0) is 18.9 Å². The molecule has 2 rings (SSSR count). The normalized spacial score (nSPS) is 16.9. The van der Waals surface area contributed by atoms with Crippen molar-refractivity contribution in [1.82, 2.24) is 9.80 Å². The summed E-state index contributed by atoms with van der Waals surface area (Å²) >= 11 is 0. The van der Waals surface area contributed by atoms with Crippen molar-refractivity contribution < 1.29 is 9.90 Å². The predicted octanol–water partition coefficient (Wildman–Crippen LogP) is 1.90. The van der Waals surface area contributed by atoms with E-state index < -0.39 is 5.97 Å². The Morgan fingerprint density at radius 2 is 1.90 bits per heavy atom. The Bertz CT molecular complexity index is 431. The lowest BCUT2D eigenvalue weighted by Gasteiger charge is -2.26. The summed E-state index contributed by atoms with van der Waals surface area (Å²) in [5.74, 6) is -1.13. The molecular formula is C16H23N2O2-. The van der Waals surface area contributed by atoms with Gasteiger partial charge in [-0.25, -0.2) is 0 Å². The lowest BCUT2D eigenvalue weighted by Crippen LogP contribution is -2.33. The Balaban J connectivity index is 0.000000204. The van der Waals surface area contributed by atoms with Crippen LogP contribution in [-0.4, -0.2) is 35.5 Å². The first kappa shape index (κ1) is 16.1. The standard InChI is InChI=1S/C9H18N2.C7H6O2/c1-4-5-6-11-8-7-10(3)9(11)2;8-7(9)6-4-2-1-3-5-6/h7-9H,4-6H2,1-3H3;1-5H,(H,8,9)/p-1. The van der Waals surface area contributed by atoms with E-state index in [0.29, 0.717) is 6.17 Å². The fourth-order valence-corrected chi connectivity index (χ4v) is 1.85. The summed E-state index contributed by atoms with van der Waals surface area (Å²) in [5, 5.41) is 10.1. The van der Waals surface area contributed by atoms with Crippen molar-refractivity contribution >= 4 is 5.97 Å². The molecule has 1 aliphatic heterocycles. The Labute approximate surface area is 121 Å². The summed E-state index contributed by atoms with van der Waals surface area (Å²) in [6, 6.07) is 8.06.